The van der Waals surface area contributed by atoms with Crippen molar-refractivity contribution in [3.8, 4) is 5.75 Å². The lowest BCUT2D eigenvalue weighted by atomic mass is 10.00. The van der Waals surface area contributed by atoms with Crippen LogP contribution >= 0.6 is 0 Å². The van der Waals surface area contributed by atoms with Crippen LogP contribution in [0.25, 0.3) is 0 Å². The average Bonchev–Trinajstić information content (AvgIpc) is 3.32. The van der Waals surface area contributed by atoms with Crippen molar-refractivity contribution >= 4 is 21.6 Å². The number of ether oxygens (including phenoxy) is 1. The van der Waals surface area contributed by atoms with Gasteiger partial charge in [-0.25, -0.2) is 8.42 Å². The van der Waals surface area contributed by atoms with E-state index in [0.717, 1.165) is 55.6 Å². The van der Waals surface area contributed by atoms with Gasteiger partial charge in [0.25, 0.3) is 5.91 Å². The molecular formula is C24H31N3O4S. The predicted octanol–water partition coefficient (Wildman–Crippen LogP) is 2.97. The summed E-state index contributed by atoms with van der Waals surface area (Å²) < 4.78 is 31.2. The topological polar surface area (TPSA) is 79.0 Å². The highest BCUT2D eigenvalue weighted by atomic mass is 32.2. The molecule has 0 spiro atoms. The summed E-state index contributed by atoms with van der Waals surface area (Å²) in [6, 6.07) is 13.3. The van der Waals surface area contributed by atoms with Crippen LogP contribution < -0.4 is 14.4 Å². The van der Waals surface area contributed by atoms with E-state index < -0.39 is 10.0 Å². The summed E-state index contributed by atoms with van der Waals surface area (Å²) in [6.45, 7) is 2.96. The number of fused-ring (bicyclic) bond motifs is 1. The van der Waals surface area contributed by atoms with Gasteiger partial charge in [-0.2, -0.15) is 0 Å². The Bertz CT molecular complexity index is 1080. The summed E-state index contributed by atoms with van der Waals surface area (Å²) in [4.78, 5) is 15.4. The van der Waals surface area contributed by atoms with Crippen LogP contribution in [-0.4, -0.2) is 58.8 Å². The Morgan fingerprint density at radius 3 is 2.56 bits per heavy atom. The van der Waals surface area contributed by atoms with E-state index >= 15 is 0 Å². The third-order valence-electron chi connectivity index (χ3n) is 6.35. The maximum absolute atomic E-state index is 13.0. The Morgan fingerprint density at radius 1 is 1.09 bits per heavy atom. The number of amides is 1. The number of hydrogen-bond acceptors (Lipinski definition) is 5. The molecule has 2 aromatic rings. The molecule has 1 unspecified atom stereocenters. The van der Waals surface area contributed by atoms with Gasteiger partial charge in [0.1, 0.15) is 5.75 Å². The van der Waals surface area contributed by atoms with Gasteiger partial charge in [0.05, 0.1) is 25.1 Å². The van der Waals surface area contributed by atoms with Gasteiger partial charge in [-0.1, -0.05) is 18.2 Å². The molecular weight excluding hydrogens is 426 g/mol. The monoisotopic (exact) mass is 457 g/mol. The van der Waals surface area contributed by atoms with Crippen LogP contribution in [0, 0.1) is 0 Å². The number of anilines is 1. The smallest absolute Gasteiger partial charge is 0.251 e. The standard InChI is InChI=1S/C24H31N3O4S/c1-31-23-10-4-3-9-20(23)22(26-13-5-6-14-26)17-25-24(28)19-11-12-21-18(16-19)8-7-15-27(21)32(2,29)30/h3-4,9-12,16,22H,5-8,13-15,17H2,1-2H3,(H,25,28). The van der Waals surface area contributed by atoms with Gasteiger partial charge < -0.3 is 10.1 Å². The number of carbonyl (C=O) groups is 1. The zero-order valence-corrected chi connectivity index (χ0v) is 19.5. The molecule has 0 saturated carbocycles. The van der Waals surface area contributed by atoms with Gasteiger partial charge in [0, 0.05) is 24.2 Å². The molecule has 1 amide bonds. The zero-order valence-electron chi connectivity index (χ0n) is 18.7. The molecule has 2 aliphatic heterocycles. The molecule has 1 atom stereocenters. The third-order valence-corrected chi connectivity index (χ3v) is 7.53. The highest BCUT2D eigenvalue weighted by molar-refractivity contribution is 7.92. The lowest BCUT2D eigenvalue weighted by Gasteiger charge is -2.30. The molecule has 1 fully saturated rings. The van der Waals surface area contributed by atoms with Crippen molar-refractivity contribution in [2.24, 2.45) is 0 Å². The SMILES string of the molecule is COc1ccccc1C(CNC(=O)c1ccc2c(c1)CCCN2S(C)(=O)=O)N1CCCC1. The number of rotatable bonds is 7. The van der Waals surface area contributed by atoms with Crippen LogP contribution in [0.15, 0.2) is 42.5 Å². The number of hydrogen-bond donors (Lipinski definition) is 1. The second-order valence-electron chi connectivity index (χ2n) is 8.49. The minimum absolute atomic E-state index is 0.0379. The number of carbonyl (C=O) groups excluding carboxylic acids is 1. The van der Waals surface area contributed by atoms with E-state index in [-0.39, 0.29) is 11.9 Å². The highest BCUT2D eigenvalue weighted by Crippen LogP contribution is 2.32. The fraction of sp³-hybridized carbons (Fsp3) is 0.458. The Morgan fingerprint density at radius 2 is 1.84 bits per heavy atom. The van der Waals surface area contributed by atoms with Gasteiger partial charge in [-0.05, 0) is 68.6 Å². The van der Waals surface area contributed by atoms with Crippen molar-refractivity contribution in [3.05, 3.63) is 59.2 Å². The number of methoxy groups -OCH3 is 1. The molecule has 0 aromatic heterocycles. The molecule has 32 heavy (non-hydrogen) atoms. The van der Waals surface area contributed by atoms with Crippen molar-refractivity contribution in [3.63, 3.8) is 0 Å². The van der Waals surface area contributed by atoms with Gasteiger partial charge >= 0.3 is 0 Å². The minimum atomic E-state index is -3.33. The van der Waals surface area contributed by atoms with Crippen molar-refractivity contribution in [1.82, 2.24) is 10.2 Å². The van der Waals surface area contributed by atoms with E-state index in [1.54, 1.807) is 19.2 Å². The van der Waals surface area contributed by atoms with Crippen LogP contribution in [0.4, 0.5) is 5.69 Å². The van der Waals surface area contributed by atoms with E-state index in [2.05, 4.69) is 16.3 Å². The van der Waals surface area contributed by atoms with Crippen molar-refractivity contribution < 1.29 is 17.9 Å². The molecule has 2 aromatic carbocycles. The van der Waals surface area contributed by atoms with Crippen molar-refractivity contribution in [2.45, 2.75) is 31.7 Å². The molecule has 172 valence electrons. The number of para-hydroxylation sites is 1. The number of nitrogens with one attached hydrogen (secondary N) is 1. The number of sulfonamides is 1. The van der Waals surface area contributed by atoms with Gasteiger partial charge in [0.15, 0.2) is 0 Å². The fourth-order valence-electron chi connectivity index (χ4n) is 4.77. The van der Waals surface area contributed by atoms with E-state index in [4.69, 9.17) is 4.74 Å². The number of benzene rings is 2. The Labute approximate surface area is 190 Å². The second-order valence-corrected chi connectivity index (χ2v) is 10.4. The van der Waals surface area contributed by atoms with Gasteiger partial charge in [-0.3, -0.25) is 14.0 Å². The van der Waals surface area contributed by atoms with E-state index in [0.29, 0.717) is 24.3 Å². The van der Waals surface area contributed by atoms with Crippen LogP contribution in [0.5, 0.6) is 5.75 Å². The largest absolute Gasteiger partial charge is 0.496 e. The number of nitrogens with zero attached hydrogens (tertiary/aromatic N) is 2. The molecule has 7 nitrogen and oxygen atoms in total. The predicted molar refractivity (Wildman–Crippen MR) is 126 cm³/mol. The summed E-state index contributed by atoms with van der Waals surface area (Å²) in [5.74, 6) is 0.677. The van der Waals surface area contributed by atoms with Crippen LogP contribution in [-0.2, 0) is 16.4 Å². The average molecular weight is 458 g/mol. The first-order valence-electron chi connectivity index (χ1n) is 11.1. The molecule has 0 bridgehead atoms. The Kier molecular flexibility index (Phi) is 6.71. The number of likely N-dealkylation sites (tertiary alicyclic amines) is 1. The van der Waals surface area contributed by atoms with Crippen LogP contribution in [0.3, 0.4) is 0 Å². The number of aryl methyl sites for hydroxylation is 1. The first-order chi connectivity index (χ1) is 15.4. The third kappa shape index (κ3) is 4.76. The van der Waals surface area contributed by atoms with Gasteiger partial charge in [0.2, 0.25) is 10.0 Å². The normalized spacial score (nSPS) is 17.6. The fourth-order valence-corrected chi connectivity index (χ4v) is 5.77. The Balaban J connectivity index is 1.52. The molecule has 4 rings (SSSR count). The maximum atomic E-state index is 13.0. The molecule has 1 N–H and O–H groups in total. The molecule has 1 saturated heterocycles. The molecule has 8 heteroatoms. The molecule has 0 aliphatic carbocycles. The minimum Gasteiger partial charge on any atom is -0.496 e. The second kappa shape index (κ2) is 9.50. The van der Waals surface area contributed by atoms with E-state index in [1.807, 2.05) is 24.3 Å². The van der Waals surface area contributed by atoms with Crippen LogP contribution in [0.1, 0.15) is 46.8 Å². The lowest BCUT2D eigenvalue weighted by molar-refractivity contribution is 0.0937. The Hall–Kier alpha value is -2.58. The summed E-state index contributed by atoms with van der Waals surface area (Å²) in [7, 11) is -1.65. The van der Waals surface area contributed by atoms with Crippen molar-refractivity contribution in [2.75, 3.05) is 43.8 Å². The van der Waals surface area contributed by atoms with Gasteiger partial charge in [-0.15, -0.1) is 0 Å². The van der Waals surface area contributed by atoms with E-state index in [9.17, 15) is 13.2 Å². The molecule has 2 aliphatic rings. The molecule has 0 radical (unpaired) electrons. The highest BCUT2D eigenvalue weighted by Gasteiger charge is 2.27. The first-order valence-corrected chi connectivity index (χ1v) is 13.0. The first kappa shape index (κ1) is 22.6. The maximum Gasteiger partial charge on any atom is 0.251 e. The summed E-state index contributed by atoms with van der Waals surface area (Å²) in [5.41, 5.74) is 3.21. The molecule has 2 heterocycles. The zero-order chi connectivity index (χ0) is 22.7. The van der Waals surface area contributed by atoms with Crippen LogP contribution in [0.2, 0.25) is 0 Å². The summed E-state index contributed by atoms with van der Waals surface area (Å²) >= 11 is 0. The lowest BCUT2D eigenvalue weighted by Crippen LogP contribution is -2.37. The summed E-state index contributed by atoms with van der Waals surface area (Å²) in [5, 5.41) is 3.11. The van der Waals surface area contributed by atoms with E-state index in [1.165, 1.54) is 10.6 Å². The van der Waals surface area contributed by atoms with Crippen molar-refractivity contribution in [1.29, 1.82) is 0 Å². The summed E-state index contributed by atoms with van der Waals surface area (Å²) in [6.07, 6.45) is 5.04. The quantitative estimate of drug-likeness (QED) is 0.692.